The first-order valence-corrected chi connectivity index (χ1v) is 8.25. The number of ether oxygens (including phenoxy) is 1. The highest BCUT2D eigenvalue weighted by Gasteiger charge is 2.36. The lowest BCUT2D eigenvalue weighted by Crippen LogP contribution is -2.30. The molecule has 1 aliphatic heterocycles. The zero-order chi connectivity index (χ0) is 17.8. The average molecular weight is 354 g/mol. The molecule has 1 heterocycles. The summed E-state index contributed by atoms with van der Waals surface area (Å²) in [5.74, 6) is 0.472. The standard InChI is InChI=1S/C19H18N2O3S/c1-20-17(13-14-6-5-9-16(12-14)24-11-10-22)18(23)21(19(20)25)15-7-3-2-4-8-15/h2-9,12-13,22H,10-11H2,1H3/b17-13+. The van der Waals surface area contributed by atoms with E-state index in [0.29, 0.717) is 16.6 Å². The highest BCUT2D eigenvalue weighted by Crippen LogP contribution is 2.28. The Morgan fingerprint density at radius 3 is 2.64 bits per heavy atom. The normalized spacial score (nSPS) is 16.0. The van der Waals surface area contributed by atoms with Gasteiger partial charge in [0, 0.05) is 7.05 Å². The third kappa shape index (κ3) is 3.55. The summed E-state index contributed by atoms with van der Waals surface area (Å²) in [5, 5.41) is 9.29. The topological polar surface area (TPSA) is 53.0 Å². The van der Waals surface area contributed by atoms with Crippen LogP contribution in [0.5, 0.6) is 5.75 Å². The molecule has 128 valence electrons. The van der Waals surface area contributed by atoms with Gasteiger partial charge in [-0.2, -0.15) is 0 Å². The average Bonchev–Trinajstić information content (AvgIpc) is 2.84. The van der Waals surface area contributed by atoms with Crippen molar-refractivity contribution >= 4 is 35.0 Å². The third-order valence-corrected chi connectivity index (χ3v) is 4.25. The molecular weight excluding hydrogens is 336 g/mol. The maximum Gasteiger partial charge on any atom is 0.281 e. The van der Waals surface area contributed by atoms with E-state index in [4.69, 9.17) is 22.1 Å². The first-order valence-electron chi connectivity index (χ1n) is 7.84. The predicted octanol–water partition coefficient (Wildman–Crippen LogP) is 2.66. The van der Waals surface area contributed by atoms with Crippen LogP contribution in [0.15, 0.2) is 60.3 Å². The number of carbonyl (C=O) groups excluding carboxylic acids is 1. The number of aliphatic hydroxyl groups excluding tert-OH is 1. The van der Waals surface area contributed by atoms with Crippen molar-refractivity contribution in [3.8, 4) is 5.75 Å². The minimum Gasteiger partial charge on any atom is -0.491 e. The minimum atomic E-state index is -0.166. The predicted molar refractivity (Wildman–Crippen MR) is 101 cm³/mol. The number of hydrogen-bond acceptors (Lipinski definition) is 4. The number of likely N-dealkylation sites (N-methyl/N-ethyl adjacent to an activating group) is 1. The summed E-state index contributed by atoms with van der Waals surface area (Å²) in [5.41, 5.74) is 2.06. The van der Waals surface area contributed by atoms with Crippen LogP contribution < -0.4 is 9.64 Å². The van der Waals surface area contributed by atoms with Gasteiger partial charge in [0.15, 0.2) is 5.11 Å². The second kappa shape index (κ2) is 7.46. The Hall–Kier alpha value is -2.70. The largest absolute Gasteiger partial charge is 0.491 e. The second-order valence-electron chi connectivity index (χ2n) is 5.49. The van der Waals surface area contributed by atoms with Crippen LogP contribution in [0, 0.1) is 0 Å². The number of nitrogens with zero attached hydrogens (tertiary/aromatic N) is 2. The van der Waals surface area contributed by atoms with Crippen molar-refractivity contribution in [1.29, 1.82) is 0 Å². The van der Waals surface area contributed by atoms with E-state index in [1.165, 1.54) is 4.90 Å². The summed E-state index contributed by atoms with van der Waals surface area (Å²) >= 11 is 5.44. The molecule has 0 aromatic heterocycles. The molecule has 2 aromatic rings. The molecule has 1 aliphatic rings. The summed E-state index contributed by atoms with van der Waals surface area (Å²) in [6.45, 7) is 0.178. The van der Waals surface area contributed by atoms with Gasteiger partial charge in [-0.15, -0.1) is 0 Å². The van der Waals surface area contributed by atoms with Crippen LogP contribution in [-0.4, -0.2) is 41.3 Å². The van der Waals surface area contributed by atoms with E-state index in [0.717, 1.165) is 11.3 Å². The van der Waals surface area contributed by atoms with Gasteiger partial charge in [0.05, 0.1) is 12.3 Å². The first kappa shape index (κ1) is 17.1. The fraction of sp³-hybridized carbons (Fsp3) is 0.158. The highest BCUT2D eigenvalue weighted by molar-refractivity contribution is 7.80. The van der Waals surface area contributed by atoms with Crippen molar-refractivity contribution in [2.75, 3.05) is 25.2 Å². The van der Waals surface area contributed by atoms with E-state index < -0.39 is 0 Å². The van der Waals surface area contributed by atoms with E-state index in [-0.39, 0.29) is 19.1 Å². The smallest absolute Gasteiger partial charge is 0.281 e. The molecule has 25 heavy (non-hydrogen) atoms. The monoisotopic (exact) mass is 354 g/mol. The summed E-state index contributed by atoms with van der Waals surface area (Å²) in [6.07, 6.45) is 1.78. The molecule has 5 nitrogen and oxygen atoms in total. The molecule has 3 rings (SSSR count). The van der Waals surface area contributed by atoms with E-state index >= 15 is 0 Å². The Morgan fingerprint density at radius 2 is 1.92 bits per heavy atom. The van der Waals surface area contributed by atoms with E-state index in [9.17, 15) is 4.79 Å². The third-order valence-electron chi connectivity index (χ3n) is 3.80. The lowest BCUT2D eigenvalue weighted by molar-refractivity contribution is -0.114. The van der Waals surface area contributed by atoms with E-state index in [1.54, 1.807) is 24.1 Å². The van der Waals surface area contributed by atoms with Crippen molar-refractivity contribution in [3.63, 3.8) is 0 Å². The van der Waals surface area contributed by atoms with Crippen molar-refractivity contribution in [3.05, 3.63) is 65.9 Å². The van der Waals surface area contributed by atoms with Gasteiger partial charge >= 0.3 is 0 Å². The molecule has 0 saturated carbocycles. The number of thiocarbonyl (C=S) groups is 1. The van der Waals surface area contributed by atoms with Gasteiger partial charge in [0.25, 0.3) is 5.91 Å². The SMILES string of the molecule is CN1C(=S)N(c2ccccc2)C(=O)/C1=C\c1cccc(OCCO)c1. The van der Waals surface area contributed by atoms with Gasteiger partial charge < -0.3 is 14.7 Å². The van der Waals surface area contributed by atoms with Crippen molar-refractivity contribution < 1.29 is 14.6 Å². The van der Waals surface area contributed by atoms with Gasteiger partial charge in [-0.1, -0.05) is 30.3 Å². The molecule has 0 aliphatic carbocycles. The number of aliphatic hydroxyl groups is 1. The van der Waals surface area contributed by atoms with Crippen LogP contribution in [0.4, 0.5) is 5.69 Å². The van der Waals surface area contributed by atoms with E-state index in [2.05, 4.69) is 0 Å². The molecule has 1 amide bonds. The molecule has 1 fully saturated rings. The van der Waals surface area contributed by atoms with E-state index in [1.807, 2.05) is 48.5 Å². The molecule has 0 unspecified atom stereocenters. The maximum atomic E-state index is 12.9. The zero-order valence-electron chi connectivity index (χ0n) is 13.8. The minimum absolute atomic E-state index is 0.0488. The van der Waals surface area contributed by atoms with Crippen LogP contribution in [0.25, 0.3) is 6.08 Å². The quantitative estimate of drug-likeness (QED) is 0.661. The van der Waals surface area contributed by atoms with Gasteiger partial charge in [-0.25, -0.2) is 0 Å². The Morgan fingerprint density at radius 1 is 1.16 bits per heavy atom. The van der Waals surface area contributed by atoms with Crippen LogP contribution >= 0.6 is 12.2 Å². The maximum absolute atomic E-state index is 12.9. The number of hydrogen-bond donors (Lipinski definition) is 1. The molecule has 2 aromatic carbocycles. The number of rotatable bonds is 5. The van der Waals surface area contributed by atoms with Crippen LogP contribution in [0.2, 0.25) is 0 Å². The number of amides is 1. The molecule has 0 atom stereocenters. The second-order valence-corrected chi connectivity index (χ2v) is 5.86. The fourth-order valence-electron chi connectivity index (χ4n) is 2.58. The van der Waals surface area contributed by atoms with Crippen LogP contribution in [0.1, 0.15) is 5.56 Å². The van der Waals surface area contributed by atoms with Gasteiger partial charge in [0.2, 0.25) is 0 Å². The number of carbonyl (C=O) groups is 1. The lowest BCUT2D eigenvalue weighted by atomic mass is 10.1. The number of para-hydroxylation sites is 1. The van der Waals surface area contributed by atoms with Gasteiger partial charge in [0.1, 0.15) is 18.1 Å². The highest BCUT2D eigenvalue weighted by atomic mass is 32.1. The molecular formula is C19H18N2O3S. The summed E-state index contributed by atoms with van der Waals surface area (Å²) < 4.78 is 5.41. The van der Waals surface area contributed by atoms with Crippen molar-refractivity contribution in [2.24, 2.45) is 0 Å². The first-order chi connectivity index (χ1) is 12.1. The van der Waals surface area contributed by atoms with Gasteiger partial charge in [-0.3, -0.25) is 9.69 Å². The molecule has 6 heteroatoms. The Kier molecular flexibility index (Phi) is 5.11. The van der Waals surface area contributed by atoms with Crippen molar-refractivity contribution in [2.45, 2.75) is 0 Å². The number of anilines is 1. The molecule has 0 bridgehead atoms. The summed E-state index contributed by atoms with van der Waals surface area (Å²) in [7, 11) is 1.78. The van der Waals surface area contributed by atoms with Gasteiger partial charge in [-0.05, 0) is 48.1 Å². The Labute approximate surface area is 151 Å². The summed E-state index contributed by atoms with van der Waals surface area (Å²) in [4.78, 5) is 16.1. The molecule has 1 N–H and O–H groups in total. The molecule has 1 saturated heterocycles. The summed E-state index contributed by atoms with van der Waals surface area (Å²) in [6, 6.07) is 16.7. The van der Waals surface area contributed by atoms with Crippen LogP contribution in [0.3, 0.4) is 0 Å². The van der Waals surface area contributed by atoms with Crippen LogP contribution in [-0.2, 0) is 4.79 Å². The number of benzene rings is 2. The fourth-order valence-corrected chi connectivity index (χ4v) is 2.86. The zero-order valence-corrected chi connectivity index (χ0v) is 14.6. The molecule has 0 spiro atoms. The van der Waals surface area contributed by atoms with Crippen molar-refractivity contribution in [1.82, 2.24) is 4.90 Å². The lowest BCUT2D eigenvalue weighted by Gasteiger charge is -2.16. The Balaban J connectivity index is 1.91. The Bertz CT molecular complexity index is 820. The molecule has 0 radical (unpaired) electrons.